The minimum atomic E-state index is -0.889. The van der Waals surface area contributed by atoms with E-state index in [-0.39, 0.29) is 18.7 Å². The van der Waals surface area contributed by atoms with E-state index in [2.05, 4.69) is 29.4 Å². The smallest absolute Gasteiger partial charge is 0.303 e. The summed E-state index contributed by atoms with van der Waals surface area (Å²) in [5.41, 5.74) is 0. The van der Waals surface area contributed by atoms with Crippen LogP contribution in [-0.2, 0) is 9.59 Å². The normalized spacial score (nSPS) is 10.7. The molecule has 1 aromatic heterocycles. The first-order valence-electron chi connectivity index (χ1n) is 6.41. The number of carboxylic acids is 1. The number of anilines is 1. The van der Waals surface area contributed by atoms with Gasteiger partial charge >= 0.3 is 5.97 Å². The van der Waals surface area contributed by atoms with Crippen molar-refractivity contribution < 1.29 is 14.7 Å². The molecule has 19 heavy (non-hydrogen) atoms. The number of aliphatic carboxylic acids is 1. The lowest BCUT2D eigenvalue weighted by Crippen LogP contribution is -2.11. The standard InChI is InChI=1S/C12H19N3O3S/c1-3-8(4-2)11-14-15-12(19-11)13-9(16)6-5-7-10(17)18/h8H,3-7H2,1-2H3,(H,17,18)(H,13,15,16). The molecule has 0 aliphatic carbocycles. The van der Waals surface area contributed by atoms with E-state index in [1.54, 1.807) is 0 Å². The maximum atomic E-state index is 11.5. The highest BCUT2D eigenvalue weighted by Crippen LogP contribution is 2.28. The van der Waals surface area contributed by atoms with E-state index in [4.69, 9.17) is 5.11 Å². The van der Waals surface area contributed by atoms with Crippen molar-refractivity contribution in [2.75, 3.05) is 5.32 Å². The van der Waals surface area contributed by atoms with Gasteiger partial charge in [-0.1, -0.05) is 25.2 Å². The third kappa shape index (κ3) is 5.34. The van der Waals surface area contributed by atoms with E-state index in [1.807, 2.05) is 0 Å². The molecule has 0 bridgehead atoms. The maximum Gasteiger partial charge on any atom is 0.303 e. The molecule has 0 aromatic carbocycles. The summed E-state index contributed by atoms with van der Waals surface area (Å²) in [5, 5.41) is 20.6. The van der Waals surface area contributed by atoms with E-state index in [1.165, 1.54) is 11.3 Å². The van der Waals surface area contributed by atoms with Crippen LogP contribution in [0, 0.1) is 0 Å². The van der Waals surface area contributed by atoms with Crippen LogP contribution in [0.3, 0.4) is 0 Å². The Morgan fingerprint density at radius 2 is 1.95 bits per heavy atom. The first-order chi connectivity index (χ1) is 9.06. The lowest BCUT2D eigenvalue weighted by Gasteiger charge is -2.05. The van der Waals surface area contributed by atoms with Gasteiger partial charge in [-0.05, 0) is 19.3 Å². The Balaban J connectivity index is 2.44. The fourth-order valence-electron chi connectivity index (χ4n) is 1.67. The van der Waals surface area contributed by atoms with Crippen molar-refractivity contribution in [1.82, 2.24) is 10.2 Å². The number of carbonyl (C=O) groups is 2. The van der Waals surface area contributed by atoms with E-state index in [9.17, 15) is 9.59 Å². The van der Waals surface area contributed by atoms with Crippen molar-refractivity contribution in [3.63, 3.8) is 0 Å². The molecule has 0 radical (unpaired) electrons. The molecule has 106 valence electrons. The number of amides is 1. The number of carbonyl (C=O) groups excluding carboxylic acids is 1. The molecule has 0 saturated carbocycles. The van der Waals surface area contributed by atoms with Crippen LogP contribution in [0.5, 0.6) is 0 Å². The molecule has 1 aromatic rings. The van der Waals surface area contributed by atoms with Crippen LogP contribution in [0.25, 0.3) is 0 Å². The van der Waals surface area contributed by atoms with Gasteiger partial charge in [-0.15, -0.1) is 10.2 Å². The van der Waals surface area contributed by atoms with Crippen LogP contribution >= 0.6 is 11.3 Å². The maximum absolute atomic E-state index is 11.5. The lowest BCUT2D eigenvalue weighted by molar-refractivity contribution is -0.137. The first-order valence-corrected chi connectivity index (χ1v) is 7.23. The van der Waals surface area contributed by atoms with Crippen molar-refractivity contribution in [2.24, 2.45) is 0 Å². The fraction of sp³-hybridized carbons (Fsp3) is 0.667. The summed E-state index contributed by atoms with van der Waals surface area (Å²) in [5.74, 6) is -0.719. The number of nitrogens with one attached hydrogen (secondary N) is 1. The van der Waals surface area contributed by atoms with E-state index in [0.717, 1.165) is 17.8 Å². The first kappa shape index (κ1) is 15.6. The van der Waals surface area contributed by atoms with Gasteiger partial charge in [0.1, 0.15) is 5.01 Å². The van der Waals surface area contributed by atoms with Gasteiger partial charge in [-0.25, -0.2) is 0 Å². The largest absolute Gasteiger partial charge is 0.481 e. The predicted molar refractivity (Wildman–Crippen MR) is 73.3 cm³/mol. The average molecular weight is 285 g/mol. The van der Waals surface area contributed by atoms with Crippen molar-refractivity contribution in [1.29, 1.82) is 0 Å². The second kappa shape index (κ2) is 7.83. The number of aromatic nitrogens is 2. The highest BCUT2D eigenvalue weighted by molar-refractivity contribution is 7.15. The van der Waals surface area contributed by atoms with E-state index >= 15 is 0 Å². The molecular formula is C12H19N3O3S. The van der Waals surface area contributed by atoms with Gasteiger partial charge in [-0.2, -0.15) is 0 Å². The Bertz CT molecular complexity index is 430. The number of hydrogen-bond acceptors (Lipinski definition) is 5. The average Bonchev–Trinajstić information content (AvgIpc) is 2.78. The minimum absolute atomic E-state index is 0.00251. The third-order valence-electron chi connectivity index (χ3n) is 2.82. The monoisotopic (exact) mass is 285 g/mol. The zero-order valence-corrected chi connectivity index (χ0v) is 12.0. The number of hydrogen-bond donors (Lipinski definition) is 2. The van der Waals surface area contributed by atoms with Gasteiger partial charge in [0.25, 0.3) is 0 Å². The summed E-state index contributed by atoms with van der Waals surface area (Å²) in [6.07, 6.45) is 2.52. The minimum Gasteiger partial charge on any atom is -0.481 e. The molecule has 0 aliphatic heterocycles. The molecule has 0 fully saturated rings. The molecule has 0 spiro atoms. The molecule has 1 amide bonds. The van der Waals surface area contributed by atoms with Crippen molar-refractivity contribution in [3.8, 4) is 0 Å². The highest BCUT2D eigenvalue weighted by Gasteiger charge is 2.14. The Morgan fingerprint density at radius 3 is 2.53 bits per heavy atom. The summed E-state index contributed by atoms with van der Waals surface area (Å²) in [4.78, 5) is 21.9. The topological polar surface area (TPSA) is 92.2 Å². The second-order valence-corrected chi connectivity index (χ2v) is 5.26. The van der Waals surface area contributed by atoms with Gasteiger partial charge in [0.15, 0.2) is 0 Å². The second-order valence-electron chi connectivity index (χ2n) is 4.25. The zero-order valence-electron chi connectivity index (χ0n) is 11.2. The summed E-state index contributed by atoms with van der Waals surface area (Å²) < 4.78 is 0. The zero-order chi connectivity index (χ0) is 14.3. The summed E-state index contributed by atoms with van der Waals surface area (Å²) in [7, 11) is 0. The molecular weight excluding hydrogens is 266 g/mol. The predicted octanol–water partition coefficient (Wildman–Crippen LogP) is 2.64. The third-order valence-corrected chi connectivity index (χ3v) is 3.82. The van der Waals surface area contributed by atoms with Gasteiger partial charge in [-0.3, -0.25) is 9.59 Å². The molecule has 1 rings (SSSR count). The Hall–Kier alpha value is -1.50. The van der Waals surface area contributed by atoms with Crippen LogP contribution in [0.15, 0.2) is 0 Å². The molecule has 0 atom stereocenters. The molecule has 1 heterocycles. The van der Waals surface area contributed by atoms with E-state index in [0.29, 0.717) is 17.5 Å². The Kier molecular flexibility index (Phi) is 6.41. The number of carboxylic acid groups (broad SMARTS) is 1. The van der Waals surface area contributed by atoms with Gasteiger partial charge in [0.2, 0.25) is 11.0 Å². The molecule has 2 N–H and O–H groups in total. The van der Waals surface area contributed by atoms with Gasteiger partial charge in [0.05, 0.1) is 0 Å². The molecule has 0 unspecified atom stereocenters. The molecule has 6 nitrogen and oxygen atoms in total. The van der Waals surface area contributed by atoms with Crippen LogP contribution in [0.1, 0.15) is 56.9 Å². The SMILES string of the molecule is CCC(CC)c1nnc(NC(=O)CCCC(=O)O)s1. The highest BCUT2D eigenvalue weighted by atomic mass is 32.1. The Labute approximate surface area is 116 Å². The Morgan fingerprint density at radius 1 is 1.26 bits per heavy atom. The molecule has 0 aliphatic rings. The fourth-order valence-corrected chi connectivity index (χ4v) is 2.70. The quantitative estimate of drug-likeness (QED) is 0.766. The number of nitrogens with zero attached hydrogens (tertiary/aromatic N) is 2. The van der Waals surface area contributed by atoms with Crippen LogP contribution in [-0.4, -0.2) is 27.2 Å². The van der Waals surface area contributed by atoms with Crippen LogP contribution < -0.4 is 5.32 Å². The summed E-state index contributed by atoms with van der Waals surface area (Å²) >= 11 is 1.39. The van der Waals surface area contributed by atoms with Crippen LogP contribution in [0.2, 0.25) is 0 Å². The van der Waals surface area contributed by atoms with Crippen LogP contribution in [0.4, 0.5) is 5.13 Å². The molecule has 7 heteroatoms. The summed E-state index contributed by atoms with van der Waals surface area (Å²) in [6.45, 7) is 4.19. The van der Waals surface area contributed by atoms with Crippen molar-refractivity contribution >= 4 is 28.3 Å². The number of rotatable bonds is 8. The van der Waals surface area contributed by atoms with Crippen molar-refractivity contribution in [3.05, 3.63) is 5.01 Å². The van der Waals surface area contributed by atoms with Gasteiger partial charge in [0, 0.05) is 18.8 Å². The molecule has 0 saturated heterocycles. The summed E-state index contributed by atoms with van der Waals surface area (Å²) in [6, 6.07) is 0. The van der Waals surface area contributed by atoms with Gasteiger partial charge < -0.3 is 10.4 Å². The van der Waals surface area contributed by atoms with Crippen molar-refractivity contribution in [2.45, 2.75) is 51.9 Å². The lowest BCUT2D eigenvalue weighted by atomic mass is 10.1. The van der Waals surface area contributed by atoms with E-state index < -0.39 is 5.97 Å².